The van der Waals surface area contributed by atoms with Crippen molar-refractivity contribution in [2.24, 2.45) is 4.99 Å². The molecule has 136 valence electrons. The van der Waals surface area contributed by atoms with Crippen molar-refractivity contribution in [1.82, 2.24) is 10.2 Å². The molecule has 0 aromatic heterocycles. The number of aromatic hydroxyl groups is 1. The first-order valence-electron chi connectivity index (χ1n) is 9.13. The van der Waals surface area contributed by atoms with E-state index in [1.54, 1.807) is 6.07 Å². The average molecular weight is 370 g/mol. The highest BCUT2D eigenvalue weighted by atomic mass is 35.5. The standard InChI is InChI=1S/C21H24ClN3O/c1-25-12-10-21(11-13-25)23-18(15-6-8-16(22)9-7-15)14-19(24-21)17-4-2-3-5-20(17)26/h2-9,18,23,26H,10-14H2,1H3/t18-/m0/s1. The predicted molar refractivity (Wildman–Crippen MR) is 106 cm³/mol. The van der Waals surface area contributed by atoms with Crippen LogP contribution < -0.4 is 5.32 Å². The van der Waals surface area contributed by atoms with E-state index in [4.69, 9.17) is 16.6 Å². The zero-order chi connectivity index (χ0) is 18.1. The Morgan fingerprint density at radius 1 is 1.12 bits per heavy atom. The van der Waals surface area contributed by atoms with Crippen molar-refractivity contribution in [3.63, 3.8) is 0 Å². The number of nitrogens with zero attached hydrogens (tertiary/aromatic N) is 2. The molecule has 26 heavy (non-hydrogen) atoms. The van der Waals surface area contributed by atoms with Crippen LogP contribution in [0.3, 0.4) is 0 Å². The van der Waals surface area contributed by atoms with Crippen LogP contribution in [-0.2, 0) is 0 Å². The number of benzene rings is 2. The van der Waals surface area contributed by atoms with E-state index in [0.717, 1.165) is 48.6 Å². The van der Waals surface area contributed by atoms with Gasteiger partial charge in [0.1, 0.15) is 11.4 Å². The highest BCUT2D eigenvalue weighted by Crippen LogP contribution is 2.36. The minimum atomic E-state index is -0.271. The summed E-state index contributed by atoms with van der Waals surface area (Å²) in [5.41, 5.74) is 2.75. The van der Waals surface area contributed by atoms with Crippen LogP contribution in [-0.4, -0.2) is 41.5 Å². The summed E-state index contributed by atoms with van der Waals surface area (Å²) in [6.07, 6.45) is 2.67. The van der Waals surface area contributed by atoms with Gasteiger partial charge in [0.05, 0.1) is 0 Å². The Kier molecular flexibility index (Phi) is 4.74. The highest BCUT2D eigenvalue weighted by Gasteiger charge is 2.39. The molecule has 2 aliphatic rings. The molecule has 0 bridgehead atoms. The molecule has 2 N–H and O–H groups in total. The molecule has 0 unspecified atom stereocenters. The Labute approximate surface area is 159 Å². The van der Waals surface area contributed by atoms with Gasteiger partial charge in [-0.25, -0.2) is 0 Å². The van der Waals surface area contributed by atoms with Crippen LogP contribution in [0.2, 0.25) is 5.02 Å². The molecule has 0 aliphatic carbocycles. The first kappa shape index (κ1) is 17.5. The monoisotopic (exact) mass is 369 g/mol. The van der Waals surface area contributed by atoms with Gasteiger partial charge in [-0.1, -0.05) is 35.9 Å². The van der Waals surface area contributed by atoms with Crippen LogP contribution in [0.1, 0.15) is 36.4 Å². The fourth-order valence-corrected chi connectivity index (χ4v) is 4.06. The molecule has 4 rings (SSSR count). The summed E-state index contributed by atoms with van der Waals surface area (Å²) >= 11 is 6.07. The van der Waals surface area contributed by atoms with Crippen LogP contribution in [0.15, 0.2) is 53.5 Å². The van der Waals surface area contributed by atoms with Crippen molar-refractivity contribution in [2.75, 3.05) is 20.1 Å². The van der Waals surface area contributed by atoms with Gasteiger partial charge < -0.3 is 10.0 Å². The molecule has 1 spiro atoms. The van der Waals surface area contributed by atoms with Crippen LogP contribution in [0.5, 0.6) is 5.75 Å². The maximum Gasteiger partial charge on any atom is 0.124 e. The third kappa shape index (κ3) is 3.50. The Morgan fingerprint density at radius 3 is 2.50 bits per heavy atom. The van der Waals surface area contributed by atoms with Crippen LogP contribution in [0.4, 0.5) is 0 Å². The quantitative estimate of drug-likeness (QED) is 0.841. The molecule has 1 atom stereocenters. The summed E-state index contributed by atoms with van der Waals surface area (Å²) in [7, 11) is 2.15. The van der Waals surface area contributed by atoms with Gasteiger partial charge in [-0.15, -0.1) is 0 Å². The number of rotatable bonds is 2. The molecular formula is C21H24ClN3O. The number of phenolic OH excluding ortho intramolecular Hbond substituents is 1. The number of aliphatic imine (C=N–C) groups is 1. The predicted octanol–water partition coefficient (Wildman–Crippen LogP) is 3.99. The van der Waals surface area contributed by atoms with Crippen molar-refractivity contribution < 1.29 is 5.11 Å². The lowest BCUT2D eigenvalue weighted by atomic mass is 9.88. The van der Waals surface area contributed by atoms with E-state index in [0.29, 0.717) is 5.75 Å². The SMILES string of the molecule is CN1CCC2(CC1)N=C(c1ccccc1O)C[C@@H](c1ccc(Cl)cc1)N2. The Hall–Kier alpha value is -1.88. The van der Waals surface area contributed by atoms with Gasteiger partial charge in [-0.3, -0.25) is 10.3 Å². The first-order chi connectivity index (χ1) is 12.5. The van der Waals surface area contributed by atoms with E-state index < -0.39 is 0 Å². The fraction of sp³-hybridized carbons (Fsp3) is 0.381. The largest absolute Gasteiger partial charge is 0.507 e. The molecule has 1 saturated heterocycles. The first-order valence-corrected chi connectivity index (χ1v) is 9.51. The molecular weight excluding hydrogens is 346 g/mol. The smallest absolute Gasteiger partial charge is 0.124 e. The number of phenols is 1. The summed E-state index contributed by atoms with van der Waals surface area (Å²) in [5, 5.41) is 14.9. The lowest BCUT2D eigenvalue weighted by molar-refractivity contribution is 0.144. The molecule has 2 aromatic carbocycles. The zero-order valence-corrected chi connectivity index (χ0v) is 15.7. The van der Waals surface area contributed by atoms with Crippen LogP contribution in [0, 0.1) is 0 Å². The van der Waals surface area contributed by atoms with Crippen LogP contribution >= 0.6 is 11.6 Å². The second-order valence-corrected chi connectivity index (χ2v) is 7.80. The molecule has 1 fully saturated rings. The van der Waals surface area contributed by atoms with E-state index in [2.05, 4.69) is 29.4 Å². The Morgan fingerprint density at radius 2 is 1.81 bits per heavy atom. The van der Waals surface area contributed by atoms with E-state index >= 15 is 0 Å². The van der Waals surface area contributed by atoms with Crippen molar-refractivity contribution >= 4 is 17.3 Å². The maximum atomic E-state index is 10.4. The minimum Gasteiger partial charge on any atom is -0.507 e. The summed E-state index contributed by atoms with van der Waals surface area (Å²) in [5.74, 6) is 0.297. The van der Waals surface area contributed by atoms with E-state index in [1.165, 1.54) is 5.56 Å². The van der Waals surface area contributed by atoms with Crippen molar-refractivity contribution in [3.8, 4) is 5.75 Å². The van der Waals surface area contributed by atoms with Gasteiger partial charge >= 0.3 is 0 Å². The van der Waals surface area contributed by atoms with Crippen molar-refractivity contribution in [2.45, 2.75) is 31.0 Å². The number of likely N-dealkylation sites (tertiary alicyclic amines) is 1. The lowest BCUT2D eigenvalue weighted by Gasteiger charge is -2.44. The molecule has 5 heteroatoms. The summed E-state index contributed by atoms with van der Waals surface area (Å²) in [6.45, 7) is 2.02. The Balaban J connectivity index is 1.73. The van der Waals surface area contributed by atoms with Gasteiger partial charge in [0.25, 0.3) is 0 Å². The van der Waals surface area contributed by atoms with Gasteiger partial charge in [-0.05, 0) is 49.7 Å². The second-order valence-electron chi connectivity index (χ2n) is 7.36. The lowest BCUT2D eigenvalue weighted by Crippen LogP contribution is -2.55. The number of para-hydroxylation sites is 1. The van der Waals surface area contributed by atoms with Crippen molar-refractivity contribution in [1.29, 1.82) is 0 Å². The number of hydrogen-bond acceptors (Lipinski definition) is 4. The number of nitrogens with one attached hydrogen (secondary N) is 1. The average Bonchev–Trinajstić information content (AvgIpc) is 2.65. The molecule has 2 aromatic rings. The third-order valence-electron chi connectivity index (χ3n) is 5.49. The number of halogens is 1. The van der Waals surface area contributed by atoms with Crippen molar-refractivity contribution in [3.05, 3.63) is 64.7 Å². The fourth-order valence-electron chi connectivity index (χ4n) is 3.93. The van der Waals surface area contributed by atoms with Gasteiger partial charge in [-0.2, -0.15) is 0 Å². The minimum absolute atomic E-state index is 0.155. The van der Waals surface area contributed by atoms with Crippen LogP contribution in [0.25, 0.3) is 0 Å². The molecule has 2 heterocycles. The molecule has 4 nitrogen and oxygen atoms in total. The second kappa shape index (κ2) is 7.03. The van der Waals surface area contributed by atoms with E-state index in [9.17, 15) is 5.11 Å². The molecule has 0 saturated carbocycles. The molecule has 0 radical (unpaired) electrons. The molecule has 0 amide bonds. The normalized spacial score (nSPS) is 23.0. The third-order valence-corrected chi connectivity index (χ3v) is 5.74. The number of hydrogen-bond donors (Lipinski definition) is 2. The highest BCUT2D eigenvalue weighted by molar-refractivity contribution is 6.30. The van der Waals surface area contributed by atoms with Gasteiger partial charge in [0.2, 0.25) is 0 Å². The van der Waals surface area contributed by atoms with Gasteiger partial charge in [0, 0.05) is 41.8 Å². The summed E-state index contributed by atoms with van der Waals surface area (Å²) in [6, 6.07) is 15.7. The van der Waals surface area contributed by atoms with E-state index in [-0.39, 0.29) is 11.7 Å². The zero-order valence-electron chi connectivity index (χ0n) is 15.0. The van der Waals surface area contributed by atoms with Gasteiger partial charge in [0.15, 0.2) is 0 Å². The maximum absolute atomic E-state index is 10.4. The summed E-state index contributed by atoms with van der Waals surface area (Å²) in [4.78, 5) is 7.47. The topological polar surface area (TPSA) is 47.9 Å². The Bertz CT molecular complexity index is 810. The summed E-state index contributed by atoms with van der Waals surface area (Å²) < 4.78 is 0. The molecule has 2 aliphatic heterocycles. The van der Waals surface area contributed by atoms with E-state index in [1.807, 2.05) is 30.3 Å². The number of piperidine rings is 1.